The lowest BCUT2D eigenvalue weighted by Crippen LogP contribution is -1.90. The summed E-state index contributed by atoms with van der Waals surface area (Å²) in [6, 6.07) is 15.9. The van der Waals surface area contributed by atoms with Crippen molar-refractivity contribution >= 4 is 29.3 Å². The van der Waals surface area contributed by atoms with Gasteiger partial charge in [-0.3, -0.25) is 0 Å². The summed E-state index contributed by atoms with van der Waals surface area (Å²) in [6.45, 7) is 7.55. The second kappa shape index (κ2) is 7.93. The number of thioether (sulfide) groups is 1. The maximum Gasteiger partial charge on any atom is 0.187 e. The van der Waals surface area contributed by atoms with E-state index in [-0.39, 0.29) is 5.82 Å². The lowest BCUT2D eigenvalue weighted by atomic mass is 10.1. The van der Waals surface area contributed by atoms with Crippen LogP contribution >= 0.6 is 11.8 Å². The highest BCUT2D eigenvalue weighted by atomic mass is 32.2. The van der Waals surface area contributed by atoms with Crippen LogP contribution in [0.3, 0.4) is 0 Å². The van der Waals surface area contributed by atoms with Gasteiger partial charge in [0.05, 0.1) is 17.1 Å². The van der Waals surface area contributed by atoms with Gasteiger partial charge in [-0.05, 0) is 37.2 Å². The lowest BCUT2D eigenvalue weighted by molar-refractivity contribution is 0.628. The average Bonchev–Trinajstić information content (AvgIpc) is 3.13. The molecule has 0 aliphatic heterocycles. The maximum atomic E-state index is 13.3. The molecule has 26 heavy (non-hydrogen) atoms. The predicted octanol–water partition coefficient (Wildman–Crippen LogP) is 5.27. The zero-order valence-electron chi connectivity index (χ0n) is 14.2. The monoisotopic (exact) mass is 364 g/mol. The normalized spacial score (nSPS) is 11.4. The van der Waals surface area contributed by atoms with Gasteiger partial charge in [-0.25, -0.2) is 19.4 Å². The Kier molecular flexibility index (Phi) is 5.43. The van der Waals surface area contributed by atoms with Crippen molar-refractivity contribution in [2.75, 3.05) is 6.26 Å². The summed E-state index contributed by atoms with van der Waals surface area (Å²) in [7, 11) is 0. The third kappa shape index (κ3) is 3.81. The van der Waals surface area contributed by atoms with Crippen LogP contribution in [0, 0.1) is 5.82 Å². The highest BCUT2D eigenvalue weighted by Gasteiger charge is 2.16. The zero-order chi connectivity index (χ0) is 18.5. The Bertz CT molecular complexity index is 959. The number of nitrogens with zero attached hydrogens (tertiary/aromatic N) is 3. The molecule has 0 radical (unpaired) electrons. The summed E-state index contributed by atoms with van der Waals surface area (Å²) >= 11 is 1.38. The molecule has 0 unspecified atom stereocenters. The maximum absolute atomic E-state index is 13.3. The van der Waals surface area contributed by atoms with Crippen molar-refractivity contribution in [1.29, 1.82) is 0 Å². The fraction of sp³-hybridized carbons (Fsp3) is 0.0500. The Morgan fingerprint density at radius 2 is 1.77 bits per heavy atom. The molecule has 3 rings (SSSR count). The molecule has 0 amide bonds. The van der Waals surface area contributed by atoms with Crippen molar-refractivity contribution in [2.45, 2.75) is 0 Å². The minimum Gasteiger partial charge on any atom is -0.336 e. The number of hydrogen-bond acceptors (Lipinski definition) is 3. The molecule has 4 nitrogen and oxygen atoms in total. The van der Waals surface area contributed by atoms with Crippen LogP contribution < -0.4 is 0 Å². The van der Waals surface area contributed by atoms with Gasteiger partial charge in [-0.2, -0.15) is 0 Å². The first kappa shape index (κ1) is 17.8. The number of halogens is 1. The molecule has 1 aromatic heterocycles. The number of amidine groups is 1. The fourth-order valence-electron chi connectivity index (χ4n) is 2.45. The van der Waals surface area contributed by atoms with Crippen LogP contribution in [-0.4, -0.2) is 28.1 Å². The number of H-pyrrole nitrogens is 1. The highest BCUT2D eigenvalue weighted by Crippen LogP contribution is 2.31. The minimum atomic E-state index is -0.300. The van der Waals surface area contributed by atoms with E-state index in [1.54, 1.807) is 12.1 Å². The summed E-state index contributed by atoms with van der Waals surface area (Å²) < 4.78 is 13.3. The van der Waals surface area contributed by atoms with Crippen molar-refractivity contribution in [2.24, 2.45) is 9.98 Å². The summed E-state index contributed by atoms with van der Waals surface area (Å²) in [5.41, 5.74) is 3.50. The van der Waals surface area contributed by atoms with Gasteiger partial charge in [0, 0.05) is 11.1 Å². The van der Waals surface area contributed by atoms with E-state index in [2.05, 4.69) is 28.3 Å². The molecule has 6 heteroatoms. The highest BCUT2D eigenvalue weighted by molar-refractivity contribution is 8.13. The third-order valence-electron chi connectivity index (χ3n) is 3.71. The fourth-order valence-corrected chi connectivity index (χ4v) is 2.78. The quantitative estimate of drug-likeness (QED) is 0.506. The van der Waals surface area contributed by atoms with Gasteiger partial charge in [-0.15, -0.1) is 0 Å². The number of benzene rings is 2. The van der Waals surface area contributed by atoms with E-state index >= 15 is 0 Å². The number of nitrogens with one attached hydrogen (secondary N) is 1. The van der Waals surface area contributed by atoms with Crippen LogP contribution in [0.15, 0.2) is 71.2 Å². The van der Waals surface area contributed by atoms with E-state index in [0.29, 0.717) is 28.1 Å². The number of aliphatic imine (C=N–C) groups is 2. The Morgan fingerprint density at radius 3 is 2.38 bits per heavy atom. The molecule has 0 bridgehead atoms. The third-order valence-corrected chi connectivity index (χ3v) is 4.29. The molecule has 0 aliphatic rings. The van der Waals surface area contributed by atoms with Crippen molar-refractivity contribution in [3.05, 3.63) is 72.7 Å². The predicted molar refractivity (Wildman–Crippen MR) is 109 cm³/mol. The van der Waals surface area contributed by atoms with Gasteiger partial charge >= 0.3 is 0 Å². The number of aromatic amines is 1. The van der Waals surface area contributed by atoms with Gasteiger partial charge in [0.25, 0.3) is 0 Å². The van der Waals surface area contributed by atoms with E-state index in [1.165, 1.54) is 23.9 Å². The van der Waals surface area contributed by atoms with Crippen molar-refractivity contribution in [3.8, 4) is 22.6 Å². The van der Waals surface area contributed by atoms with E-state index in [1.807, 2.05) is 36.6 Å². The van der Waals surface area contributed by atoms with Gasteiger partial charge in [0.1, 0.15) is 11.6 Å². The molecule has 0 saturated heterocycles. The smallest absolute Gasteiger partial charge is 0.187 e. The molecular formula is C20H17FN4S. The first-order valence-corrected chi connectivity index (χ1v) is 9.05. The van der Waals surface area contributed by atoms with Gasteiger partial charge in [-0.1, -0.05) is 48.7 Å². The molecule has 0 atom stereocenters. The topological polar surface area (TPSA) is 53.4 Å². The second-order valence-corrected chi connectivity index (χ2v) is 6.16. The van der Waals surface area contributed by atoms with Crippen LogP contribution in [-0.2, 0) is 0 Å². The molecule has 0 saturated carbocycles. The summed E-state index contributed by atoms with van der Waals surface area (Å²) in [6.07, 6.45) is 1.87. The first-order chi connectivity index (χ1) is 12.6. The molecule has 0 aliphatic carbocycles. The van der Waals surface area contributed by atoms with Crippen LogP contribution in [0.2, 0.25) is 0 Å². The van der Waals surface area contributed by atoms with Crippen LogP contribution in [0.1, 0.15) is 5.69 Å². The van der Waals surface area contributed by atoms with Gasteiger partial charge in [0.2, 0.25) is 0 Å². The molecule has 1 N–H and O–H groups in total. The van der Waals surface area contributed by atoms with Crippen molar-refractivity contribution < 1.29 is 4.39 Å². The zero-order valence-corrected chi connectivity index (χ0v) is 15.1. The summed E-state index contributed by atoms with van der Waals surface area (Å²) in [5.74, 6) is 0.389. The summed E-state index contributed by atoms with van der Waals surface area (Å²) in [5, 5.41) is 0.510. The van der Waals surface area contributed by atoms with Crippen LogP contribution in [0.25, 0.3) is 28.3 Å². The number of rotatable bonds is 4. The van der Waals surface area contributed by atoms with Crippen LogP contribution in [0.5, 0.6) is 0 Å². The van der Waals surface area contributed by atoms with Crippen molar-refractivity contribution in [1.82, 2.24) is 9.97 Å². The van der Waals surface area contributed by atoms with E-state index in [4.69, 9.17) is 4.98 Å². The van der Waals surface area contributed by atoms with Crippen molar-refractivity contribution in [3.63, 3.8) is 0 Å². The molecule has 3 aromatic rings. The Hall–Kier alpha value is -2.99. The SMILES string of the molecule is C=NC(=NC(=C)c1[nH]c(-c2ccccc2)nc1-c1ccc(F)cc1)SC. The minimum absolute atomic E-state index is 0.300. The molecule has 2 aromatic carbocycles. The summed E-state index contributed by atoms with van der Waals surface area (Å²) in [4.78, 5) is 16.3. The lowest BCUT2D eigenvalue weighted by Gasteiger charge is -2.03. The Labute approximate surface area is 155 Å². The Morgan fingerprint density at radius 1 is 1.08 bits per heavy atom. The molecule has 0 spiro atoms. The van der Waals surface area contributed by atoms with Gasteiger partial charge < -0.3 is 4.98 Å². The number of aromatic nitrogens is 2. The second-order valence-electron chi connectivity index (χ2n) is 5.39. The number of imidazole rings is 1. The van der Waals surface area contributed by atoms with E-state index < -0.39 is 0 Å². The standard InChI is InChI=1S/C20H17FN4S/c1-13(23-20(22-2)26-3)17-18(14-9-11-16(21)12-10-14)25-19(24-17)15-7-5-4-6-8-15/h4-12H,1-2H2,3H3,(H,24,25). The number of hydrogen-bond donors (Lipinski definition) is 1. The van der Waals surface area contributed by atoms with E-state index in [0.717, 1.165) is 11.1 Å². The largest absolute Gasteiger partial charge is 0.336 e. The molecule has 130 valence electrons. The Balaban J connectivity index is 2.13. The van der Waals surface area contributed by atoms with Crippen LogP contribution in [0.4, 0.5) is 4.39 Å². The molecule has 0 fully saturated rings. The van der Waals surface area contributed by atoms with Gasteiger partial charge in [0.15, 0.2) is 5.17 Å². The van der Waals surface area contributed by atoms with E-state index in [9.17, 15) is 4.39 Å². The molecular weight excluding hydrogens is 347 g/mol. The molecule has 1 heterocycles. The average molecular weight is 364 g/mol. The first-order valence-electron chi connectivity index (χ1n) is 7.82.